The lowest BCUT2D eigenvalue weighted by molar-refractivity contribution is 0.0398. The normalized spacial score (nSPS) is 13.5. The van der Waals surface area contributed by atoms with Gasteiger partial charge in [-0.3, -0.25) is 9.69 Å². The molecule has 1 aliphatic heterocycles. The van der Waals surface area contributed by atoms with Crippen LogP contribution in [0, 0.1) is 10.6 Å². The van der Waals surface area contributed by atoms with E-state index < -0.39 is 5.91 Å². The van der Waals surface area contributed by atoms with Crippen LogP contribution in [0.2, 0.25) is 0 Å². The zero-order valence-corrected chi connectivity index (χ0v) is 28.7. The van der Waals surface area contributed by atoms with Crippen molar-refractivity contribution in [1.29, 1.82) is 0 Å². The number of anilines is 1. The summed E-state index contributed by atoms with van der Waals surface area (Å²) in [6.07, 6.45) is 3.57. The van der Waals surface area contributed by atoms with Gasteiger partial charge in [0.25, 0.3) is 0 Å². The number of fused-ring (bicyclic) bond motifs is 2. The molecule has 42 heavy (non-hydrogen) atoms. The molecule has 15 heteroatoms. The van der Waals surface area contributed by atoms with Gasteiger partial charge in [0, 0.05) is 37.3 Å². The molecule has 222 valence electrons. The van der Waals surface area contributed by atoms with Gasteiger partial charge in [-0.05, 0) is 107 Å². The van der Waals surface area contributed by atoms with E-state index in [-0.39, 0.29) is 7.43 Å². The van der Waals surface area contributed by atoms with Crippen molar-refractivity contribution < 1.29 is 9.53 Å². The number of aryl methyl sites for hydroxylation is 1. The molecule has 1 aromatic carbocycles. The number of halogens is 4. The van der Waals surface area contributed by atoms with Crippen LogP contribution in [0.1, 0.15) is 23.3 Å². The topological polar surface area (TPSA) is 128 Å². The second-order valence-electron chi connectivity index (χ2n) is 9.17. The number of nitrogens with zero attached hydrogens (tertiary/aromatic N) is 7. The Morgan fingerprint density at radius 1 is 1.02 bits per heavy atom. The average molecular weight is 878 g/mol. The Bertz CT molecular complexity index is 1720. The predicted molar refractivity (Wildman–Crippen MR) is 183 cm³/mol. The van der Waals surface area contributed by atoms with Gasteiger partial charge in [0.2, 0.25) is 5.91 Å². The van der Waals surface area contributed by atoms with Crippen LogP contribution in [-0.2, 0) is 4.74 Å². The Kier molecular flexibility index (Phi) is 11.3. The largest absolute Gasteiger partial charge is 0.381 e. The van der Waals surface area contributed by atoms with E-state index in [4.69, 9.17) is 10.5 Å². The van der Waals surface area contributed by atoms with Gasteiger partial charge in [-0.15, -0.1) is 0 Å². The van der Waals surface area contributed by atoms with Gasteiger partial charge >= 0.3 is 0 Å². The van der Waals surface area contributed by atoms with Crippen LogP contribution in [-0.4, -0.2) is 79.4 Å². The zero-order valence-electron chi connectivity index (χ0n) is 21.8. The number of hydrogen-bond donors (Lipinski definition) is 2. The summed E-state index contributed by atoms with van der Waals surface area (Å²) in [7, 11) is 0. The number of carbonyl (C=O) groups is 1. The number of primary amides is 1. The van der Waals surface area contributed by atoms with Crippen molar-refractivity contribution in [3.8, 4) is 11.3 Å². The smallest absolute Gasteiger partial charge is 0.248 e. The van der Waals surface area contributed by atoms with Gasteiger partial charge in [-0.1, -0.05) is 13.5 Å². The lowest BCUT2D eigenvalue weighted by Crippen LogP contribution is -2.39. The molecule has 1 saturated heterocycles. The highest BCUT2D eigenvalue weighted by Gasteiger charge is 2.15. The minimum atomic E-state index is -0.431. The van der Waals surface area contributed by atoms with Crippen LogP contribution in [0.5, 0.6) is 0 Å². The minimum absolute atomic E-state index is 0. The summed E-state index contributed by atoms with van der Waals surface area (Å²) in [5.74, 6) is -0.431. The lowest BCUT2D eigenvalue weighted by atomic mass is 10.0. The van der Waals surface area contributed by atoms with E-state index in [1.165, 1.54) is 0 Å². The Balaban J connectivity index is 0.000000261. The van der Waals surface area contributed by atoms with Gasteiger partial charge in [-0.2, -0.15) is 10.2 Å². The van der Waals surface area contributed by atoms with Crippen molar-refractivity contribution in [3.63, 3.8) is 0 Å². The fourth-order valence-corrected chi connectivity index (χ4v) is 6.46. The maximum Gasteiger partial charge on any atom is 0.248 e. The molecule has 0 bridgehead atoms. The number of morpholine rings is 1. The van der Waals surface area contributed by atoms with Gasteiger partial charge in [0.15, 0.2) is 11.3 Å². The Morgan fingerprint density at radius 2 is 1.71 bits per heavy atom. The molecule has 0 radical (unpaired) electrons. The molecule has 0 aliphatic carbocycles. The molecule has 11 nitrogen and oxygen atoms in total. The monoisotopic (exact) mass is 875 g/mol. The first kappa shape index (κ1) is 32.7. The predicted octanol–water partition coefficient (Wildman–Crippen LogP) is 5.81. The summed E-state index contributed by atoms with van der Waals surface area (Å²) >= 11 is 12.4. The summed E-state index contributed by atoms with van der Waals surface area (Å²) in [5, 5.41) is 12.3. The molecule has 0 atom stereocenters. The van der Waals surface area contributed by atoms with Crippen LogP contribution in [0.3, 0.4) is 0 Å². The van der Waals surface area contributed by atoms with E-state index >= 15 is 0 Å². The van der Waals surface area contributed by atoms with Crippen molar-refractivity contribution in [1.82, 2.24) is 34.1 Å². The molecule has 0 spiro atoms. The first-order valence-corrected chi connectivity index (χ1v) is 16.0. The Morgan fingerprint density at radius 3 is 2.43 bits per heavy atom. The molecule has 5 heterocycles. The summed E-state index contributed by atoms with van der Waals surface area (Å²) in [5.41, 5.74) is 11.0. The highest BCUT2D eigenvalue weighted by molar-refractivity contribution is 14.1. The maximum atomic E-state index is 11.5. The molecular weight excluding hydrogens is 849 g/mol. The number of amides is 1. The molecule has 6 rings (SSSR count). The first-order chi connectivity index (χ1) is 19.7. The second-order valence-corrected chi connectivity index (χ2v) is 12.8. The molecule has 0 unspecified atom stereocenters. The number of rotatable bonds is 6. The molecule has 5 aromatic rings. The quantitative estimate of drug-likeness (QED) is 0.205. The highest BCUT2D eigenvalue weighted by atomic mass is 127. The van der Waals surface area contributed by atoms with Gasteiger partial charge < -0.3 is 15.8 Å². The lowest BCUT2D eigenvalue weighted by Gasteiger charge is -2.26. The SMILES string of the molecule is Brc1cc(Br)c2ncc(I)n2n1.C.Cc1cc(-c2cnc3c(NCCN4CCOCC4)cc(Br)nn23)ccc1C(N)=O. The van der Waals surface area contributed by atoms with Crippen molar-refractivity contribution in [3.05, 3.63) is 71.2 Å². The third kappa shape index (κ3) is 7.48. The number of aromatic nitrogens is 6. The average Bonchev–Trinajstić information content (AvgIpc) is 3.53. The van der Waals surface area contributed by atoms with Crippen LogP contribution in [0.4, 0.5) is 5.69 Å². The van der Waals surface area contributed by atoms with E-state index in [9.17, 15) is 4.79 Å². The number of ether oxygens (including phenoxy) is 1. The fraction of sp³-hybridized carbons (Fsp3) is 0.296. The van der Waals surface area contributed by atoms with Crippen molar-refractivity contribution in [2.24, 2.45) is 5.73 Å². The minimum Gasteiger partial charge on any atom is -0.381 e. The first-order valence-electron chi connectivity index (χ1n) is 12.6. The molecule has 1 amide bonds. The fourth-order valence-electron chi connectivity index (χ4n) is 4.41. The van der Waals surface area contributed by atoms with Crippen molar-refractivity contribution in [2.75, 3.05) is 44.7 Å². The van der Waals surface area contributed by atoms with Crippen LogP contribution < -0.4 is 11.1 Å². The van der Waals surface area contributed by atoms with Crippen molar-refractivity contribution >= 4 is 93.3 Å². The van der Waals surface area contributed by atoms with Crippen molar-refractivity contribution in [2.45, 2.75) is 14.4 Å². The summed E-state index contributed by atoms with van der Waals surface area (Å²) in [6, 6.07) is 9.35. The number of carbonyl (C=O) groups excluding carboxylic acids is 1. The van der Waals surface area contributed by atoms with E-state index in [0.717, 1.165) is 86.0 Å². The van der Waals surface area contributed by atoms with E-state index in [0.29, 0.717) is 10.2 Å². The summed E-state index contributed by atoms with van der Waals surface area (Å²) in [6.45, 7) is 7.13. The van der Waals surface area contributed by atoms with E-state index in [2.05, 4.69) is 101 Å². The number of nitrogens with two attached hydrogens (primary N) is 1. The zero-order chi connectivity index (χ0) is 29.1. The standard InChI is InChI=1S/C20H23BrN6O2.C6H2Br2IN3.CH4/c1-13-10-14(2-3-15(13)19(22)28)17-12-24-20-16(11-18(21)25-27(17)20)23-4-5-26-6-8-29-9-7-26;7-3-1-4(8)11-12-5(9)2-10-6(3)12;/h2-3,10-12,23H,4-9H2,1H3,(H2,22,28);1-2H;1H4. The molecule has 1 fully saturated rings. The number of hydrogen-bond acceptors (Lipinski definition) is 8. The molecular formula is C27H29Br3IN9O2. The maximum absolute atomic E-state index is 11.5. The third-order valence-electron chi connectivity index (χ3n) is 6.42. The number of imidazole rings is 2. The molecule has 0 saturated carbocycles. The van der Waals surface area contributed by atoms with Gasteiger partial charge in [0.05, 0.1) is 41.5 Å². The summed E-state index contributed by atoms with van der Waals surface area (Å²) < 4.78 is 12.4. The molecule has 4 aromatic heterocycles. The van der Waals surface area contributed by atoms with Gasteiger partial charge in [-0.25, -0.2) is 19.0 Å². The van der Waals surface area contributed by atoms with E-state index in [1.54, 1.807) is 27.5 Å². The molecule has 1 aliphatic rings. The second kappa shape index (κ2) is 14.5. The number of benzene rings is 1. The van der Waals surface area contributed by atoms with Gasteiger partial charge in [0.1, 0.15) is 12.9 Å². The highest BCUT2D eigenvalue weighted by Crippen LogP contribution is 2.27. The Hall–Kier alpha value is -2.18. The van der Waals surface area contributed by atoms with Crippen LogP contribution >= 0.6 is 70.4 Å². The molecule has 3 N–H and O–H groups in total. The van der Waals surface area contributed by atoms with E-state index in [1.807, 2.05) is 31.2 Å². The van der Waals surface area contributed by atoms with Crippen LogP contribution in [0.15, 0.2) is 56.4 Å². The third-order valence-corrected chi connectivity index (χ3v) is 8.52. The Labute approximate surface area is 282 Å². The number of nitrogens with one attached hydrogen (secondary N) is 1. The van der Waals surface area contributed by atoms with Crippen LogP contribution in [0.25, 0.3) is 22.6 Å². The summed E-state index contributed by atoms with van der Waals surface area (Å²) in [4.78, 5) is 22.6.